The van der Waals surface area contributed by atoms with Gasteiger partial charge < -0.3 is 10.0 Å². The van der Waals surface area contributed by atoms with E-state index in [9.17, 15) is 9.59 Å². The van der Waals surface area contributed by atoms with Crippen LogP contribution in [0.1, 0.15) is 15.9 Å². The Morgan fingerprint density at radius 3 is 2.63 bits per heavy atom. The van der Waals surface area contributed by atoms with Gasteiger partial charge in [-0.3, -0.25) is 20.1 Å². The summed E-state index contributed by atoms with van der Waals surface area (Å²) in [5.41, 5.74) is 5.50. The van der Waals surface area contributed by atoms with E-state index in [1.807, 2.05) is 30.3 Å². The number of anilines is 1. The van der Waals surface area contributed by atoms with Crippen molar-refractivity contribution in [2.75, 3.05) is 12.4 Å². The van der Waals surface area contributed by atoms with Crippen LogP contribution in [0.5, 0.6) is 0 Å². The Bertz CT molecular complexity index is 1050. The van der Waals surface area contributed by atoms with E-state index in [2.05, 4.69) is 15.3 Å². The van der Waals surface area contributed by atoms with E-state index >= 15 is 0 Å². The number of pyridine rings is 2. The number of aromatic nitrogens is 2. The van der Waals surface area contributed by atoms with Gasteiger partial charge in [-0.05, 0) is 35.4 Å². The van der Waals surface area contributed by atoms with Crippen LogP contribution in [0.25, 0.3) is 22.4 Å². The van der Waals surface area contributed by atoms with E-state index in [-0.39, 0.29) is 5.91 Å². The molecule has 0 saturated carbocycles. The molecule has 0 aliphatic carbocycles. The van der Waals surface area contributed by atoms with Crippen molar-refractivity contribution in [2.24, 2.45) is 0 Å². The summed E-state index contributed by atoms with van der Waals surface area (Å²) in [5, 5.41) is 11.1. The minimum Gasteiger partial charge on any atom is -0.465 e. The molecule has 2 N–H and O–H groups in total. The standard InChI is InChI=1S/C20H16N4O3/c1-24-11-15-6-12(2-4-17(15)19(24)25)13-3-5-18(22-9-13)14-7-16(10-21-8-14)23-20(26)27/h2-10,23H,11H2,1H3,(H,26,27). The van der Waals surface area contributed by atoms with Gasteiger partial charge in [-0.25, -0.2) is 4.79 Å². The smallest absolute Gasteiger partial charge is 0.409 e. The quantitative estimate of drug-likeness (QED) is 0.745. The number of carbonyl (C=O) groups excluding carboxylic acids is 1. The number of hydrogen-bond acceptors (Lipinski definition) is 4. The van der Waals surface area contributed by atoms with Gasteiger partial charge >= 0.3 is 6.09 Å². The molecule has 3 aromatic rings. The van der Waals surface area contributed by atoms with Gasteiger partial charge in [0, 0.05) is 42.7 Å². The van der Waals surface area contributed by atoms with E-state index < -0.39 is 6.09 Å². The summed E-state index contributed by atoms with van der Waals surface area (Å²) in [6.45, 7) is 0.614. The summed E-state index contributed by atoms with van der Waals surface area (Å²) in [4.78, 5) is 33.0. The third-order valence-electron chi connectivity index (χ3n) is 4.47. The Kier molecular flexibility index (Phi) is 4.04. The Hall–Kier alpha value is -3.74. The van der Waals surface area contributed by atoms with Crippen molar-refractivity contribution in [1.82, 2.24) is 14.9 Å². The zero-order valence-corrected chi connectivity index (χ0v) is 14.5. The summed E-state index contributed by atoms with van der Waals surface area (Å²) in [6.07, 6.45) is 3.69. The van der Waals surface area contributed by atoms with Crippen molar-refractivity contribution < 1.29 is 14.7 Å². The maximum atomic E-state index is 12.0. The summed E-state index contributed by atoms with van der Waals surface area (Å²) in [6, 6.07) is 11.3. The lowest BCUT2D eigenvalue weighted by Crippen LogP contribution is -2.17. The SMILES string of the molecule is CN1Cc2cc(-c3ccc(-c4cncc(NC(=O)O)c4)nc3)ccc2C1=O. The number of amides is 2. The number of nitrogens with one attached hydrogen (secondary N) is 1. The average molecular weight is 360 g/mol. The van der Waals surface area contributed by atoms with Gasteiger partial charge in [0.05, 0.1) is 17.6 Å². The van der Waals surface area contributed by atoms with Crippen LogP contribution in [0, 0.1) is 0 Å². The van der Waals surface area contributed by atoms with Gasteiger partial charge in [-0.15, -0.1) is 0 Å². The lowest BCUT2D eigenvalue weighted by molar-refractivity contribution is 0.0816. The predicted molar refractivity (Wildman–Crippen MR) is 100 cm³/mol. The van der Waals surface area contributed by atoms with Crippen LogP contribution in [0.15, 0.2) is 55.0 Å². The van der Waals surface area contributed by atoms with Crippen molar-refractivity contribution >= 4 is 17.7 Å². The van der Waals surface area contributed by atoms with E-state index in [1.54, 1.807) is 30.4 Å². The molecular formula is C20H16N4O3. The molecule has 1 aliphatic rings. The molecule has 0 saturated heterocycles. The molecule has 0 bridgehead atoms. The Morgan fingerprint density at radius 2 is 1.89 bits per heavy atom. The van der Waals surface area contributed by atoms with Gasteiger partial charge in [-0.2, -0.15) is 0 Å². The first-order valence-corrected chi connectivity index (χ1v) is 8.31. The number of carbonyl (C=O) groups is 2. The maximum Gasteiger partial charge on any atom is 0.409 e. The van der Waals surface area contributed by atoms with Crippen LogP contribution in [0.4, 0.5) is 10.5 Å². The van der Waals surface area contributed by atoms with Crippen molar-refractivity contribution in [3.63, 3.8) is 0 Å². The van der Waals surface area contributed by atoms with Crippen LogP contribution < -0.4 is 5.32 Å². The Balaban J connectivity index is 1.61. The number of hydrogen-bond donors (Lipinski definition) is 2. The first kappa shape index (κ1) is 16.7. The number of rotatable bonds is 3. The fourth-order valence-electron chi connectivity index (χ4n) is 3.15. The van der Waals surface area contributed by atoms with Gasteiger partial charge in [0.1, 0.15) is 0 Å². The zero-order valence-electron chi connectivity index (χ0n) is 14.5. The molecule has 0 unspecified atom stereocenters. The zero-order chi connectivity index (χ0) is 19.0. The third-order valence-corrected chi connectivity index (χ3v) is 4.47. The van der Waals surface area contributed by atoms with E-state index in [0.717, 1.165) is 22.3 Å². The van der Waals surface area contributed by atoms with Crippen LogP contribution in [0.3, 0.4) is 0 Å². The van der Waals surface area contributed by atoms with Crippen molar-refractivity contribution in [2.45, 2.75) is 6.54 Å². The Morgan fingerprint density at radius 1 is 1.07 bits per heavy atom. The molecule has 2 amide bonds. The largest absolute Gasteiger partial charge is 0.465 e. The van der Waals surface area contributed by atoms with E-state index in [1.165, 1.54) is 6.20 Å². The monoisotopic (exact) mass is 360 g/mol. The van der Waals surface area contributed by atoms with E-state index in [0.29, 0.717) is 23.5 Å². The second-order valence-corrected chi connectivity index (χ2v) is 6.36. The molecule has 0 radical (unpaired) electrons. The molecule has 7 heteroatoms. The lowest BCUT2D eigenvalue weighted by Gasteiger charge is -2.07. The molecule has 4 rings (SSSR count). The summed E-state index contributed by atoms with van der Waals surface area (Å²) in [7, 11) is 1.79. The average Bonchev–Trinajstić information content (AvgIpc) is 2.95. The number of fused-ring (bicyclic) bond motifs is 1. The van der Waals surface area contributed by atoms with Crippen LogP contribution in [-0.2, 0) is 6.54 Å². The van der Waals surface area contributed by atoms with Gasteiger partial charge in [0.15, 0.2) is 0 Å². The summed E-state index contributed by atoms with van der Waals surface area (Å²) >= 11 is 0. The first-order valence-electron chi connectivity index (χ1n) is 8.31. The van der Waals surface area contributed by atoms with Gasteiger partial charge in [0.2, 0.25) is 0 Å². The van der Waals surface area contributed by atoms with Gasteiger partial charge in [-0.1, -0.05) is 12.1 Å². The summed E-state index contributed by atoms with van der Waals surface area (Å²) in [5.74, 6) is 0.0485. The molecule has 0 spiro atoms. The fourth-order valence-corrected chi connectivity index (χ4v) is 3.15. The predicted octanol–water partition coefficient (Wildman–Crippen LogP) is 3.49. The molecule has 3 heterocycles. The number of carboxylic acid groups (broad SMARTS) is 1. The first-order chi connectivity index (χ1) is 13.0. The summed E-state index contributed by atoms with van der Waals surface area (Å²) < 4.78 is 0. The normalized spacial score (nSPS) is 12.8. The second kappa shape index (κ2) is 6.53. The van der Waals surface area contributed by atoms with Crippen molar-refractivity contribution in [1.29, 1.82) is 0 Å². The van der Waals surface area contributed by atoms with Gasteiger partial charge in [0.25, 0.3) is 5.91 Å². The molecule has 0 atom stereocenters. The second-order valence-electron chi connectivity index (χ2n) is 6.36. The minimum absolute atomic E-state index is 0.0485. The highest BCUT2D eigenvalue weighted by Crippen LogP contribution is 2.28. The van der Waals surface area contributed by atoms with Crippen LogP contribution in [0.2, 0.25) is 0 Å². The molecule has 1 aromatic carbocycles. The third kappa shape index (κ3) is 3.22. The van der Waals surface area contributed by atoms with Crippen LogP contribution >= 0.6 is 0 Å². The molecule has 134 valence electrons. The van der Waals surface area contributed by atoms with E-state index in [4.69, 9.17) is 5.11 Å². The minimum atomic E-state index is -1.14. The van der Waals surface area contributed by atoms with Crippen LogP contribution in [-0.4, -0.2) is 39.0 Å². The molecular weight excluding hydrogens is 344 g/mol. The number of benzene rings is 1. The fraction of sp³-hybridized carbons (Fsp3) is 0.100. The molecule has 0 fully saturated rings. The topological polar surface area (TPSA) is 95.4 Å². The highest BCUT2D eigenvalue weighted by atomic mass is 16.4. The highest BCUT2D eigenvalue weighted by Gasteiger charge is 2.24. The van der Waals surface area contributed by atoms with Crippen molar-refractivity contribution in [3.8, 4) is 22.4 Å². The molecule has 2 aromatic heterocycles. The van der Waals surface area contributed by atoms with Crippen molar-refractivity contribution in [3.05, 3.63) is 66.1 Å². The maximum absolute atomic E-state index is 12.0. The molecule has 27 heavy (non-hydrogen) atoms. The lowest BCUT2D eigenvalue weighted by atomic mass is 10.0. The Labute approximate surface area is 155 Å². The number of nitrogens with zero attached hydrogens (tertiary/aromatic N) is 3. The highest BCUT2D eigenvalue weighted by molar-refractivity contribution is 5.98. The molecule has 7 nitrogen and oxygen atoms in total. The molecule has 1 aliphatic heterocycles.